The Hall–Kier alpha value is -2.29. The molecule has 2 aromatic carbocycles. The summed E-state index contributed by atoms with van der Waals surface area (Å²) >= 11 is 0. The zero-order valence-electron chi connectivity index (χ0n) is 14.6. The summed E-state index contributed by atoms with van der Waals surface area (Å²) in [7, 11) is 0. The summed E-state index contributed by atoms with van der Waals surface area (Å²) in [6.07, 6.45) is 0. The minimum absolute atomic E-state index is 0.00830. The predicted octanol–water partition coefficient (Wildman–Crippen LogP) is 4.75. The van der Waals surface area contributed by atoms with Crippen molar-refractivity contribution in [3.05, 3.63) is 58.7 Å². The number of amides is 1. The van der Waals surface area contributed by atoms with Crippen LogP contribution in [0.1, 0.15) is 42.0 Å². The molecular formula is C20H25NO2. The first-order valence-corrected chi connectivity index (χ1v) is 7.98. The van der Waals surface area contributed by atoms with Crippen LogP contribution in [0.25, 0.3) is 0 Å². The minimum atomic E-state index is -0.139. The van der Waals surface area contributed by atoms with Gasteiger partial charge in [0.25, 0.3) is 5.91 Å². The van der Waals surface area contributed by atoms with Crippen molar-refractivity contribution in [2.24, 2.45) is 0 Å². The van der Waals surface area contributed by atoms with Crippen molar-refractivity contribution in [2.45, 2.75) is 40.5 Å². The molecule has 0 saturated carbocycles. The lowest BCUT2D eigenvalue weighted by Crippen LogP contribution is -2.21. The molecule has 0 aromatic heterocycles. The van der Waals surface area contributed by atoms with E-state index in [2.05, 4.69) is 32.2 Å². The quantitative estimate of drug-likeness (QED) is 0.865. The van der Waals surface area contributed by atoms with Crippen molar-refractivity contribution in [3.8, 4) is 5.75 Å². The molecule has 1 amide bonds. The second-order valence-corrected chi connectivity index (χ2v) is 6.28. The Kier molecular flexibility index (Phi) is 5.43. The van der Waals surface area contributed by atoms with E-state index in [-0.39, 0.29) is 12.5 Å². The van der Waals surface area contributed by atoms with Gasteiger partial charge in [0.2, 0.25) is 0 Å². The number of aryl methyl sites for hydroxylation is 3. The molecule has 3 heteroatoms. The van der Waals surface area contributed by atoms with Crippen LogP contribution in [0.4, 0.5) is 5.69 Å². The van der Waals surface area contributed by atoms with Gasteiger partial charge >= 0.3 is 0 Å². The SMILES string of the molecule is Cc1ccc(OCC(=O)Nc2c(C)cccc2C(C)C)cc1C. The van der Waals surface area contributed by atoms with Gasteiger partial charge in [-0.25, -0.2) is 0 Å². The average molecular weight is 311 g/mol. The fourth-order valence-electron chi connectivity index (χ4n) is 2.47. The predicted molar refractivity (Wildman–Crippen MR) is 95.3 cm³/mol. The fraction of sp³-hybridized carbons (Fsp3) is 0.350. The molecule has 2 aromatic rings. The summed E-state index contributed by atoms with van der Waals surface area (Å²) < 4.78 is 5.60. The van der Waals surface area contributed by atoms with E-state index >= 15 is 0 Å². The molecule has 23 heavy (non-hydrogen) atoms. The zero-order valence-corrected chi connectivity index (χ0v) is 14.6. The highest BCUT2D eigenvalue weighted by Gasteiger charge is 2.12. The normalized spacial score (nSPS) is 10.7. The van der Waals surface area contributed by atoms with E-state index < -0.39 is 0 Å². The number of benzene rings is 2. The van der Waals surface area contributed by atoms with Crippen molar-refractivity contribution in [3.63, 3.8) is 0 Å². The lowest BCUT2D eigenvalue weighted by Gasteiger charge is -2.16. The molecule has 0 atom stereocenters. The van der Waals surface area contributed by atoms with Gasteiger partial charge in [0.1, 0.15) is 5.75 Å². The van der Waals surface area contributed by atoms with Gasteiger partial charge in [-0.15, -0.1) is 0 Å². The third-order valence-corrected chi connectivity index (χ3v) is 4.04. The van der Waals surface area contributed by atoms with Gasteiger partial charge in [-0.3, -0.25) is 4.79 Å². The second-order valence-electron chi connectivity index (χ2n) is 6.28. The van der Waals surface area contributed by atoms with Crippen LogP contribution in [0, 0.1) is 20.8 Å². The number of carbonyl (C=O) groups excluding carboxylic acids is 1. The first-order chi connectivity index (χ1) is 10.9. The highest BCUT2D eigenvalue weighted by molar-refractivity contribution is 5.93. The van der Waals surface area contributed by atoms with Crippen LogP contribution in [0.5, 0.6) is 5.75 Å². The van der Waals surface area contributed by atoms with Crippen LogP contribution in [-0.2, 0) is 4.79 Å². The number of hydrogen-bond acceptors (Lipinski definition) is 2. The Balaban J connectivity index is 2.04. The Morgan fingerprint density at radius 1 is 1.04 bits per heavy atom. The zero-order chi connectivity index (χ0) is 17.0. The summed E-state index contributed by atoms with van der Waals surface area (Å²) in [5.41, 5.74) is 5.48. The minimum Gasteiger partial charge on any atom is -0.484 e. The fourth-order valence-corrected chi connectivity index (χ4v) is 2.47. The highest BCUT2D eigenvalue weighted by Crippen LogP contribution is 2.27. The molecule has 0 saturated heterocycles. The number of para-hydroxylation sites is 1. The van der Waals surface area contributed by atoms with E-state index in [1.807, 2.05) is 44.2 Å². The maximum atomic E-state index is 12.2. The molecule has 0 aliphatic heterocycles. The summed E-state index contributed by atoms with van der Waals surface area (Å²) in [4.78, 5) is 12.2. The van der Waals surface area contributed by atoms with E-state index in [1.54, 1.807) is 0 Å². The topological polar surface area (TPSA) is 38.3 Å². The summed E-state index contributed by atoms with van der Waals surface area (Å²) in [5, 5.41) is 2.99. The van der Waals surface area contributed by atoms with Gasteiger partial charge in [-0.2, -0.15) is 0 Å². The van der Waals surface area contributed by atoms with Gasteiger partial charge in [-0.1, -0.05) is 38.1 Å². The maximum absolute atomic E-state index is 12.2. The van der Waals surface area contributed by atoms with Crippen molar-refractivity contribution >= 4 is 11.6 Å². The molecule has 0 aliphatic carbocycles. The molecule has 0 spiro atoms. The molecular weight excluding hydrogens is 286 g/mol. The van der Waals surface area contributed by atoms with Gasteiger partial charge in [0, 0.05) is 5.69 Å². The van der Waals surface area contributed by atoms with Gasteiger partial charge in [-0.05, 0) is 61.1 Å². The first-order valence-electron chi connectivity index (χ1n) is 7.98. The molecule has 122 valence electrons. The van der Waals surface area contributed by atoms with Crippen LogP contribution in [0.3, 0.4) is 0 Å². The van der Waals surface area contributed by atoms with E-state index in [0.717, 1.165) is 28.1 Å². The standard InChI is InChI=1S/C20H25NO2/c1-13(2)18-8-6-7-15(4)20(18)21-19(22)12-23-17-10-9-14(3)16(5)11-17/h6-11,13H,12H2,1-5H3,(H,21,22). The molecule has 0 aliphatic rings. The molecule has 2 rings (SSSR count). The molecule has 0 bridgehead atoms. The Labute approximate surface area is 138 Å². The molecule has 0 unspecified atom stereocenters. The highest BCUT2D eigenvalue weighted by atomic mass is 16.5. The van der Waals surface area contributed by atoms with Crippen molar-refractivity contribution in [1.29, 1.82) is 0 Å². The second kappa shape index (κ2) is 7.32. The van der Waals surface area contributed by atoms with Crippen molar-refractivity contribution < 1.29 is 9.53 Å². The number of ether oxygens (including phenoxy) is 1. The van der Waals surface area contributed by atoms with Gasteiger partial charge in [0.05, 0.1) is 0 Å². The summed E-state index contributed by atoms with van der Waals surface area (Å²) in [5.74, 6) is 0.933. The number of anilines is 1. The van der Waals surface area contributed by atoms with Crippen molar-refractivity contribution in [2.75, 3.05) is 11.9 Å². The number of rotatable bonds is 5. The maximum Gasteiger partial charge on any atom is 0.262 e. The first kappa shape index (κ1) is 17.1. The largest absolute Gasteiger partial charge is 0.484 e. The monoisotopic (exact) mass is 311 g/mol. The molecule has 0 heterocycles. The number of carbonyl (C=O) groups is 1. The number of hydrogen-bond donors (Lipinski definition) is 1. The van der Waals surface area contributed by atoms with E-state index in [9.17, 15) is 4.79 Å². The molecule has 0 radical (unpaired) electrons. The van der Waals surface area contributed by atoms with Crippen LogP contribution in [0.15, 0.2) is 36.4 Å². The summed E-state index contributed by atoms with van der Waals surface area (Å²) in [6.45, 7) is 10.3. The van der Waals surface area contributed by atoms with E-state index in [4.69, 9.17) is 4.74 Å². The molecule has 3 nitrogen and oxygen atoms in total. The Morgan fingerprint density at radius 2 is 1.78 bits per heavy atom. The number of nitrogens with one attached hydrogen (secondary N) is 1. The Morgan fingerprint density at radius 3 is 2.43 bits per heavy atom. The summed E-state index contributed by atoms with van der Waals surface area (Å²) in [6, 6.07) is 11.9. The van der Waals surface area contributed by atoms with E-state index in [1.165, 1.54) is 5.56 Å². The lowest BCUT2D eigenvalue weighted by atomic mass is 9.98. The Bertz CT molecular complexity index is 705. The van der Waals surface area contributed by atoms with Gasteiger partial charge in [0.15, 0.2) is 6.61 Å². The van der Waals surface area contributed by atoms with Crippen LogP contribution < -0.4 is 10.1 Å². The third kappa shape index (κ3) is 4.35. The average Bonchev–Trinajstić information content (AvgIpc) is 2.50. The molecule has 1 N–H and O–H groups in total. The van der Waals surface area contributed by atoms with Crippen LogP contribution in [0.2, 0.25) is 0 Å². The van der Waals surface area contributed by atoms with Gasteiger partial charge < -0.3 is 10.1 Å². The van der Waals surface area contributed by atoms with E-state index in [0.29, 0.717) is 5.92 Å². The molecule has 0 fully saturated rings. The third-order valence-electron chi connectivity index (χ3n) is 4.04. The van der Waals surface area contributed by atoms with Crippen LogP contribution in [-0.4, -0.2) is 12.5 Å². The smallest absolute Gasteiger partial charge is 0.262 e. The van der Waals surface area contributed by atoms with Crippen LogP contribution >= 0.6 is 0 Å². The van der Waals surface area contributed by atoms with Crippen molar-refractivity contribution in [1.82, 2.24) is 0 Å². The lowest BCUT2D eigenvalue weighted by molar-refractivity contribution is -0.118.